The number of aliphatic imine (C=N–C) groups is 1. The molecule has 0 saturated heterocycles. The fourth-order valence-electron chi connectivity index (χ4n) is 3.54. The average Bonchev–Trinajstić information content (AvgIpc) is 3.29. The highest BCUT2D eigenvalue weighted by Crippen LogP contribution is 2.40. The quantitative estimate of drug-likeness (QED) is 0.804. The number of carbonyl (C=O) groups excluding carboxylic acids is 1. The second kappa shape index (κ2) is 7.51. The average molecular weight is 413 g/mol. The van der Waals surface area contributed by atoms with Crippen molar-refractivity contribution in [3.05, 3.63) is 53.6 Å². The van der Waals surface area contributed by atoms with Gasteiger partial charge < -0.3 is 10.1 Å². The van der Waals surface area contributed by atoms with Gasteiger partial charge in [-0.15, -0.1) is 0 Å². The molecule has 29 heavy (non-hydrogen) atoms. The van der Waals surface area contributed by atoms with Crippen LogP contribution in [0.1, 0.15) is 48.5 Å². The Morgan fingerprint density at radius 1 is 1.17 bits per heavy atom. The predicted molar refractivity (Wildman–Crippen MR) is 111 cm³/mol. The number of ether oxygens (including phenoxy) is 1. The van der Waals surface area contributed by atoms with E-state index in [1.165, 1.54) is 12.1 Å². The number of amidine groups is 1. The van der Waals surface area contributed by atoms with Gasteiger partial charge in [0, 0.05) is 30.1 Å². The van der Waals surface area contributed by atoms with Gasteiger partial charge in [-0.2, -0.15) is 0 Å². The first kappa shape index (κ1) is 19.4. The summed E-state index contributed by atoms with van der Waals surface area (Å²) >= 11 is 0. The molecule has 2 aliphatic rings. The Bertz CT molecular complexity index is 1090. The Balaban J connectivity index is 1.56. The molecule has 0 aliphatic carbocycles. The minimum absolute atomic E-state index is 0.00278. The predicted octanol–water partition coefficient (Wildman–Crippen LogP) is 3.29. The van der Waals surface area contributed by atoms with Crippen molar-refractivity contribution in [1.82, 2.24) is 4.72 Å². The van der Waals surface area contributed by atoms with Crippen molar-refractivity contribution in [2.45, 2.75) is 43.6 Å². The van der Waals surface area contributed by atoms with E-state index in [4.69, 9.17) is 4.74 Å². The number of rotatable bonds is 4. The Hall–Kier alpha value is -2.87. The SMILES string of the molecule is C[C@@H]1Oc2c(C(=O)Nc3cccc(S(=O)(=O)NC4=NCCC4)c3)cccc2[C@@H]1C. The number of nitrogens with one attached hydrogen (secondary N) is 2. The van der Waals surface area contributed by atoms with Crippen molar-refractivity contribution < 1.29 is 17.9 Å². The number of fused-ring (bicyclic) bond motifs is 1. The van der Waals surface area contributed by atoms with E-state index >= 15 is 0 Å². The van der Waals surface area contributed by atoms with Crippen molar-refractivity contribution >= 4 is 27.5 Å². The van der Waals surface area contributed by atoms with Gasteiger partial charge in [0.2, 0.25) is 0 Å². The van der Waals surface area contributed by atoms with Crippen molar-refractivity contribution in [3.8, 4) is 5.75 Å². The van der Waals surface area contributed by atoms with E-state index in [1.54, 1.807) is 18.2 Å². The van der Waals surface area contributed by atoms with Crippen LogP contribution in [0.3, 0.4) is 0 Å². The van der Waals surface area contributed by atoms with E-state index in [-0.39, 0.29) is 22.8 Å². The Labute approximate surface area is 170 Å². The van der Waals surface area contributed by atoms with Gasteiger partial charge in [0.1, 0.15) is 17.7 Å². The highest BCUT2D eigenvalue weighted by molar-refractivity contribution is 7.90. The van der Waals surface area contributed by atoms with Gasteiger partial charge in [-0.05, 0) is 37.6 Å². The fraction of sp³-hybridized carbons (Fsp3) is 0.333. The summed E-state index contributed by atoms with van der Waals surface area (Å²) in [5.41, 5.74) is 1.83. The molecule has 4 rings (SSSR count). The minimum Gasteiger partial charge on any atom is -0.489 e. The molecule has 0 unspecified atom stereocenters. The summed E-state index contributed by atoms with van der Waals surface area (Å²) in [6.07, 6.45) is 1.46. The number of anilines is 1. The molecule has 0 fully saturated rings. The number of carbonyl (C=O) groups is 1. The number of hydrogen-bond acceptors (Lipinski definition) is 5. The van der Waals surface area contributed by atoms with E-state index in [9.17, 15) is 13.2 Å². The molecule has 2 atom stereocenters. The molecule has 152 valence electrons. The molecule has 0 aromatic heterocycles. The molecular formula is C21H23N3O4S. The third-order valence-electron chi connectivity index (χ3n) is 5.32. The highest BCUT2D eigenvalue weighted by atomic mass is 32.2. The maximum atomic E-state index is 12.9. The van der Waals surface area contributed by atoms with E-state index in [1.807, 2.05) is 19.1 Å². The lowest BCUT2D eigenvalue weighted by Crippen LogP contribution is -2.29. The van der Waals surface area contributed by atoms with Gasteiger partial charge in [-0.3, -0.25) is 14.5 Å². The zero-order valence-electron chi connectivity index (χ0n) is 16.3. The maximum Gasteiger partial charge on any atom is 0.262 e. The number of sulfonamides is 1. The molecule has 8 heteroatoms. The second-order valence-corrected chi connectivity index (χ2v) is 9.04. The van der Waals surface area contributed by atoms with Crippen LogP contribution in [0.2, 0.25) is 0 Å². The van der Waals surface area contributed by atoms with Gasteiger partial charge in [0.25, 0.3) is 15.9 Å². The molecule has 0 spiro atoms. The normalized spacial score (nSPS) is 20.6. The van der Waals surface area contributed by atoms with Crippen molar-refractivity contribution in [2.24, 2.45) is 4.99 Å². The lowest BCUT2D eigenvalue weighted by atomic mass is 9.97. The third-order valence-corrected chi connectivity index (χ3v) is 6.70. The third kappa shape index (κ3) is 3.85. The summed E-state index contributed by atoms with van der Waals surface area (Å²) in [7, 11) is -3.75. The van der Waals surface area contributed by atoms with Crippen LogP contribution in [-0.2, 0) is 10.0 Å². The van der Waals surface area contributed by atoms with Gasteiger partial charge in [0.15, 0.2) is 0 Å². The zero-order valence-corrected chi connectivity index (χ0v) is 17.1. The fourth-order valence-corrected chi connectivity index (χ4v) is 4.68. The zero-order chi connectivity index (χ0) is 20.6. The Kier molecular flexibility index (Phi) is 5.04. The van der Waals surface area contributed by atoms with E-state index < -0.39 is 10.0 Å². The molecule has 2 heterocycles. The van der Waals surface area contributed by atoms with Crippen LogP contribution in [0.4, 0.5) is 5.69 Å². The van der Waals surface area contributed by atoms with E-state index in [2.05, 4.69) is 22.0 Å². The van der Waals surface area contributed by atoms with Gasteiger partial charge in [-0.1, -0.05) is 25.1 Å². The molecule has 2 N–H and O–H groups in total. The summed E-state index contributed by atoms with van der Waals surface area (Å²) in [6.45, 7) is 4.67. The summed E-state index contributed by atoms with van der Waals surface area (Å²) in [5, 5.41) is 2.78. The van der Waals surface area contributed by atoms with Crippen LogP contribution in [0.15, 0.2) is 52.4 Å². The molecule has 0 bridgehead atoms. The van der Waals surface area contributed by atoms with Gasteiger partial charge in [-0.25, -0.2) is 8.42 Å². The van der Waals surface area contributed by atoms with E-state index in [0.717, 1.165) is 12.0 Å². The largest absolute Gasteiger partial charge is 0.489 e. The number of nitrogens with zero attached hydrogens (tertiary/aromatic N) is 1. The topological polar surface area (TPSA) is 96.9 Å². The van der Waals surface area contributed by atoms with Gasteiger partial charge >= 0.3 is 0 Å². The first-order valence-corrected chi connectivity index (χ1v) is 11.1. The summed E-state index contributed by atoms with van der Waals surface area (Å²) in [5.74, 6) is 0.927. The van der Waals surface area contributed by atoms with Gasteiger partial charge in [0.05, 0.1) is 10.5 Å². The Morgan fingerprint density at radius 2 is 1.97 bits per heavy atom. The van der Waals surface area contributed by atoms with Crippen LogP contribution in [0, 0.1) is 0 Å². The number of amides is 1. The minimum atomic E-state index is -3.75. The lowest BCUT2D eigenvalue weighted by Gasteiger charge is -2.12. The Morgan fingerprint density at radius 3 is 2.72 bits per heavy atom. The molecule has 0 saturated carbocycles. The van der Waals surface area contributed by atoms with Crippen molar-refractivity contribution in [3.63, 3.8) is 0 Å². The molecule has 0 radical (unpaired) electrons. The molecule has 2 aliphatic heterocycles. The molecular weight excluding hydrogens is 390 g/mol. The number of para-hydroxylation sites is 1. The van der Waals surface area contributed by atoms with Crippen LogP contribution in [0.25, 0.3) is 0 Å². The number of hydrogen-bond donors (Lipinski definition) is 2. The van der Waals surface area contributed by atoms with Crippen LogP contribution in [0.5, 0.6) is 5.75 Å². The molecule has 2 aromatic carbocycles. The number of benzene rings is 2. The standard InChI is InChI=1S/C21H23N3O4S/c1-13-14(2)28-20-17(13)8-4-9-18(20)21(25)23-15-6-3-7-16(12-15)29(26,27)24-19-10-5-11-22-19/h3-4,6-9,12-14H,5,10-11H2,1-2H3,(H,22,24)(H,23,25)/t13-,14+/m1/s1. The summed E-state index contributed by atoms with van der Waals surface area (Å²) in [4.78, 5) is 17.1. The molecule has 1 amide bonds. The molecule has 7 nitrogen and oxygen atoms in total. The monoisotopic (exact) mass is 413 g/mol. The van der Waals surface area contributed by atoms with Crippen molar-refractivity contribution in [2.75, 3.05) is 11.9 Å². The van der Waals surface area contributed by atoms with Crippen LogP contribution in [-0.4, -0.2) is 32.8 Å². The van der Waals surface area contributed by atoms with Crippen molar-refractivity contribution in [1.29, 1.82) is 0 Å². The lowest BCUT2D eigenvalue weighted by molar-refractivity contribution is 0.102. The summed E-state index contributed by atoms with van der Waals surface area (Å²) < 4.78 is 33.6. The first-order chi connectivity index (χ1) is 13.8. The van der Waals surface area contributed by atoms with E-state index in [0.29, 0.717) is 35.8 Å². The summed E-state index contributed by atoms with van der Waals surface area (Å²) in [6, 6.07) is 11.7. The highest BCUT2D eigenvalue weighted by Gasteiger charge is 2.31. The second-order valence-electron chi connectivity index (χ2n) is 7.35. The maximum absolute atomic E-state index is 12.9. The first-order valence-electron chi connectivity index (χ1n) is 9.62. The molecule has 2 aromatic rings. The van der Waals surface area contributed by atoms with Crippen LogP contribution < -0.4 is 14.8 Å². The van der Waals surface area contributed by atoms with Crippen LogP contribution >= 0.6 is 0 Å². The smallest absolute Gasteiger partial charge is 0.262 e.